The van der Waals surface area contributed by atoms with Gasteiger partial charge in [-0.15, -0.1) is 0 Å². The molecule has 3 aliphatic rings. The van der Waals surface area contributed by atoms with Gasteiger partial charge in [-0.05, 0) is 43.9 Å². The van der Waals surface area contributed by atoms with Crippen molar-refractivity contribution in [1.82, 2.24) is 10.2 Å². The molecule has 1 heterocycles. The second-order valence-electron chi connectivity index (χ2n) is 6.94. The van der Waals surface area contributed by atoms with Gasteiger partial charge in [-0.3, -0.25) is 10.1 Å². The van der Waals surface area contributed by atoms with Gasteiger partial charge in [0.05, 0.1) is 11.7 Å². The fraction of sp³-hybridized carbons (Fsp3) is 0.933. The summed E-state index contributed by atoms with van der Waals surface area (Å²) in [5, 5.41) is 3.63. The second kappa shape index (κ2) is 4.22. The fourth-order valence-corrected chi connectivity index (χ4v) is 3.58. The molecule has 1 aliphatic heterocycles. The molecule has 3 heteroatoms. The molecule has 3 rings (SSSR count). The SMILES string of the molecule is CCCC1CC1N1C(=O)C2(CC2)NC1CC(C)C. The minimum atomic E-state index is -0.126. The summed E-state index contributed by atoms with van der Waals surface area (Å²) in [6.45, 7) is 6.74. The average Bonchev–Trinajstić information content (AvgIpc) is 3.16. The average molecular weight is 250 g/mol. The summed E-state index contributed by atoms with van der Waals surface area (Å²) in [5.41, 5.74) is -0.126. The standard InChI is InChI=1S/C15H26N2O/c1-4-5-11-9-12(11)17-13(8-10(2)3)16-15(6-7-15)14(17)18/h10-13,16H,4-9H2,1-3H3. The van der Waals surface area contributed by atoms with Crippen LogP contribution in [0.2, 0.25) is 0 Å². The smallest absolute Gasteiger partial charge is 0.244 e. The van der Waals surface area contributed by atoms with Gasteiger partial charge in [0.2, 0.25) is 5.91 Å². The topological polar surface area (TPSA) is 32.3 Å². The first-order valence-corrected chi connectivity index (χ1v) is 7.68. The molecule has 1 amide bonds. The Balaban J connectivity index is 1.71. The molecule has 3 atom stereocenters. The van der Waals surface area contributed by atoms with Crippen molar-refractivity contribution in [3.8, 4) is 0 Å². The summed E-state index contributed by atoms with van der Waals surface area (Å²) in [6, 6.07) is 0.550. The van der Waals surface area contributed by atoms with E-state index < -0.39 is 0 Å². The maximum absolute atomic E-state index is 12.6. The number of hydrogen-bond donors (Lipinski definition) is 1. The third-order valence-electron chi connectivity index (χ3n) is 4.77. The summed E-state index contributed by atoms with van der Waals surface area (Å²) < 4.78 is 0. The predicted octanol–water partition coefficient (Wildman–Crippen LogP) is 2.51. The summed E-state index contributed by atoms with van der Waals surface area (Å²) in [4.78, 5) is 14.8. The van der Waals surface area contributed by atoms with E-state index >= 15 is 0 Å². The molecule has 3 unspecified atom stereocenters. The molecule has 3 nitrogen and oxygen atoms in total. The molecular weight excluding hydrogens is 224 g/mol. The number of nitrogens with one attached hydrogen (secondary N) is 1. The number of hydrogen-bond acceptors (Lipinski definition) is 2. The van der Waals surface area contributed by atoms with Crippen molar-refractivity contribution in [2.24, 2.45) is 11.8 Å². The number of carbonyl (C=O) groups excluding carboxylic acids is 1. The van der Waals surface area contributed by atoms with Crippen LogP contribution in [0, 0.1) is 11.8 Å². The van der Waals surface area contributed by atoms with Crippen molar-refractivity contribution < 1.29 is 4.79 Å². The van der Waals surface area contributed by atoms with E-state index in [1.807, 2.05) is 0 Å². The van der Waals surface area contributed by atoms with Crippen LogP contribution in [0.1, 0.15) is 59.3 Å². The highest BCUT2D eigenvalue weighted by Crippen LogP contribution is 2.49. The van der Waals surface area contributed by atoms with Crippen LogP contribution in [0.3, 0.4) is 0 Å². The highest BCUT2D eigenvalue weighted by molar-refractivity contribution is 5.92. The monoisotopic (exact) mass is 250 g/mol. The molecule has 18 heavy (non-hydrogen) atoms. The van der Waals surface area contributed by atoms with Crippen molar-refractivity contribution in [2.75, 3.05) is 0 Å². The van der Waals surface area contributed by atoms with E-state index in [4.69, 9.17) is 0 Å². The molecule has 0 aromatic heterocycles. The Hall–Kier alpha value is -0.570. The van der Waals surface area contributed by atoms with Gasteiger partial charge in [-0.1, -0.05) is 27.2 Å². The van der Waals surface area contributed by atoms with Crippen LogP contribution in [0.5, 0.6) is 0 Å². The molecular formula is C15H26N2O. The Bertz CT molecular complexity index is 348. The normalized spacial score (nSPS) is 36.8. The molecule has 102 valence electrons. The first kappa shape index (κ1) is 12.5. The second-order valence-corrected chi connectivity index (χ2v) is 6.94. The van der Waals surface area contributed by atoms with Crippen molar-refractivity contribution >= 4 is 5.91 Å². The van der Waals surface area contributed by atoms with Crippen LogP contribution in [-0.4, -0.2) is 28.6 Å². The number of carbonyl (C=O) groups is 1. The van der Waals surface area contributed by atoms with Gasteiger partial charge in [0, 0.05) is 6.04 Å². The summed E-state index contributed by atoms with van der Waals surface area (Å²) in [7, 11) is 0. The molecule has 1 N–H and O–H groups in total. The third kappa shape index (κ3) is 1.97. The molecule has 2 saturated carbocycles. The summed E-state index contributed by atoms with van der Waals surface area (Å²) in [6.07, 6.45) is 7.30. The zero-order valence-corrected chi connectivity index (χ0v) is 11.9. The van der Waals surface area contributed by atoms with Gasteiger partial charge in [0.15, 0.2) is 0 Å². The fourth-order valence-electron chi connectivity index (χ4n) is 3.58. The summed E-state index contributed by atoms with van der Waals surface area (Å²) >= 11 is 0. The van der Waals surface area contributed by atoms with Gasteiger partial charge in [0.25, 0.3) is 0 Å². The van der Waals surface area contributed by atoms with Crippen molar-refractivity contribution in [3.05, 3.63) is 0 Å². The highest BCUT2D eigenvalue weighted by Gasteiger charge is 2.62. The van der Waals surface area contributed by atoms with E-state index in [2.05, 4.69) is 31.0 Å². The lowest BCUT2D eigenvalue weighted by Crippen LogP contribution is -2.40. The Kier molecular flexibility index (Phi) is 2.92. The molecule has 1 spiro atoms. The molecule has 3 fully saturated rings. The van der Waals surface area contributed by atoms with Crippen LogP contribution in [0.25, 0.3) is 0 Å². The van der Waals surface area contributed by atoms with E-state index in [9.17, 15) is 4.79 Å². The van der Waals surface area contributed by atoms with Gasteiger partial charge in [0.1, 0.15) is 0 Å². The molecule has 0 radical (unpaired) electrons. The van der Waals surface area contributed by atoms with E-state index in [-0.39, 0.29) is 5.54 Å². The van der Waals surface area contributed by atoms with Crippen molar-refractivity contribution in [1.29, 1.82) is 0 Å². The quantitative estimate of drug-likeness (QED) is 0.813. The first-order chi connectivity index (χ1) is 8.57. The largest absolute Gasteiger partial charge is 0.322 e. The Morgan fingerprint density at radius 2 is 2.17 bits per heavy atom. The third-order valence-corrected chi connectivity index (χ3v) is 4.77. The minimum Gasteiger partial charge on any atom is -0.322 e. The number of amides is 1. The van der Waals surface area contributed by atoms with Crippen molar-refractivity contribution in [2.45, 2.75) is 77.0 Å². The maximum Gasteiger partial charge on any atom is 0.244 e. The van der Waals surface area contributed by atoms with E-state index in [1.165, 1.54) is 19.3 Å². The zero-order valence-electron chi connectivity index (χ0n) is 11.9. The van der Waals surface area contributed by atoms with Crippen LogP contribution in [0.4, 0.5) is 0 Å². The molecule has 0 aromatic rings. The zero-order chi connectivity index (χ0) is 12.9. The van der Waals surface area contributed by atoms with Gasteiger partial charge in [-0.25, -0.2) is 0 Å². The lowest BCUT2D eigenvalue weighted by Gasteiger charge is -2.26. The van der Waals surface area contributed by atoms with Crippen molar-refractivity contribution in [3.63, 3.8) is 0 Å². The van der Waals surface area contributed by atoms with E-state index in [0.29, 0.717) is 24.0 Å². The Labute approximate surface area is 110 Å². The lowest BCUT2D eigenvalue weighted by atomic mass is 10.1. The van der Waals surface area contributed by atoms with E-state index in [0.717, 1.165) is 25.2 Å². The molecule has 0 aromatic carbocycles. The number of rotatable bonds is 5. The van der Waals surface area contributed by atoms with Crippen LogP contribution >= 0.6 is 0 Å². The number of nitrogens with zero attached hydrogens (tertiary/aromatic N) is 1. The molecule has 2 aliphatic carbocycles. The van der Waals surface area contributed by atoms with Gasteiger partial charge < -0.3 is 4.90 Å². The van der Waals surface area contributed by atoms with Crippen LogP contribution in [-0.2, 0) is 4.79 Å². The Morgan fingerprint density at radius 3 is 2.72 bits per heavy atom. The van der Waals surface area contributed by atoms with E-state index in [1.54, 1.807) is 0 Å². The maximum atomic E-state index is 12.6. The van der Waals surface area contributed by atoms with Crippen LogP contribution in [0.15, 0.2) is 0 Å². The van der Waals surface area contributed by atoms with Gasteiger partial charge >= 0.3 is 0 Å². The predicted molar refractivity (Wildman–Crippen MR) is 72.0 cm³/mol. The van der Waals surface area contributed by atoms with Gasteiger partial charge in [-0.2, -0.15) is 0 Å². The highest BCUT2D eigenvalue weighted by atomic mass is 16.2. The minimum absolute atomic E-state index is 0.126. The first-order valence-electron chi connectivity index (χ1n) is 7.68. The summed E-state index contributed by atoms with van der Waals surface area (Å²) in [5.74, 6) is 1.84. The van der Waals surface area contributed by atoms with Crippen LogP contribution < -0.4 is 5.32 Å². The Morgan fingerprint density at radius 1 is 1.44 bits per heavy atom. The molecule has 0 bridgehead atoms. The molecule has 1 saturated heterocycles. The lowest BCUT2D eigenvalue weighted by molar-refractivity contribution is -0.131.